The number of aryl methyl sites for hydroxylation is 1. The Morgan fingerprint density at radius 2 is 1.91 bits per heavy atom. The van der Waals surface area contributed by atoms with Crippen molar-refractivity contribution in [2.24, 2.45) is 0 Å². The van der Waals surface area contributed by atoms with E-state index in [1.807, 2.05) is 6.92 Å². The summed E-state index contributed by atoms with van der Waals surface area (Å²) in [7, 11) is 1.54. The normalized spacial score (nSPS) is 14.7. The lowest BCUT2D eigenvalue weighted by Crippen LogP contribution is -2.32. The first-order chi connectivity index (χ1) is 15.0. The predicted octanol–water partition coefficient (Wildman–Crippen LogP) is 4.47. The van der Waals surface area contributed by atoms with Crippen molar-refractivity contribution in [3.05, 3.63) is 38.7 Å². The fourth-order valence-electron chi connectivity index (χ4n) is 3.61. The molecule has 32 heavy (non-hydrogen) atoms. The third kappa shape index (κ3) is 4.85. The largest absolute Gasteiger partial charge is 0.492 e. The Morgan fingerprint density at radius 1 is 1.19 bits per heavy atom. The van der Waals surface area contributed by atoms with Crippen LogP contribution in [-0.2, 0) is 17.4 Å². The first kappa shape index (κ1) is 23.9. The van der Waals surface area contributed by atoms with E-state index >= 15 is 0 Å². The smallest absolute Gasteiger partial charge is 0.417 e. The summed E-state index contributed by atoms with van der Waals surface area (Å²) >= 11 is 6.26. The summed E-state index contributed by atoms with van der Waals surface area (Å²) in [5.41, 5.74) is -2.12. The highest BCUT2D eigenvalue weighted by Gasteiger charge is 2.35. The van der Waals surface area contributed by atoms with Crippen molar-refractivity contribution < 1.29 is 31.9 Å². The number of urea groups is 1. The average molecular weight is 475 g/mol. The number of alkyl halides is 3. The zero-order valence-electron chi connectivity index (χ0n) is 17.6. The Balaban J connectivity index is 1.80. The molecule has 3 rings (SSSR count). The van der Waals surface area contributed by atoms with E-state index in [2.05, 4.69) is 0 Å². The summed E-state index contributed by atoms with van der Waals surface area (Å²) in [6, 6.07) is 1.15. The van der Waals surface area contributed by atoms with Gasteiger partial charge in [-0.25, -0.2) is 9.59 Å². The summed E-state index contributed by atoms with van der Waals surface area (Å²) in [5, 5.41) is -0.320. The summed E-state index contributed by atoms with van der Waals surface area (Å²) in [6.07, 6.45) is -2.96. The Morgan fingerprint density at radius 3 is 2.50 bits per heavy atom. The molecule has 1 aromatic heterocycles. The zero-order chi connectivity index (χ0) is 23.6. The number of fused-ring (bicyclic) bond motifs is 1. The van der Waals surface area contributed by atoms with Crippen LogP contribution in [0.3, 0.4) is 0 Å². The van der Waals surface area contributed by atoms with Gasteiger partial charge in [-0.3, -0.25) is 9.69 Å². The van der Waals surface area contributed by atoms with E-state index in [4.69, 9.17) is 20.8 Å². The van der Waals surface area contributed by atoms with Crippen LogP contribution in [0.4, 0.5) is 18.0 Å². The topological polar surface area (TPSA) is 80.1 Å². The fraction of sp³-hybridized carbons (Fsp3) is 0.476. The third-order valence-corrected chi connectivity index (χ3v) is 5.38. The Labute approximate surface area is 186 Å². The SMILES string of the molecule is CCCc1c(OCCCCN2C(=O)CN(C)C2=O)c(Cl)cc2c(C(F)(F)F)cc(=O)oc12. The zero-order valence-corrected chi connectivity index (χ0v) is 18.3. The van der Waals surface area contributed by atoms with Gasteiger partial charge in [0.1, 0.15) is 17.9 Å². The highest BCUT2D eigenvalue weighted by molar-refractivity contribution is 6.33. The highest BCUT2D eigenvalue weighted by Crippen LogP contribution is 2.41. The number of carbonyl (C=O) groups excluding carboxylic acids is 2. The van der Waals surface area contributed by atoms with E-state index < -0.39 is 17.4 Å². The molecule has 174 valence electrons. The van der Waals surface area contributed by atoms with E-state index in [0.717, 1.165) is 6.07 Å². The molecular formula is C21H22ClF3N2O5. The van der Waals surface area contributed by atoms with E-state index in [0.29, 0.717) is 37.3 Å². The molecule has 7 nitrogen and oxygen atoms in total. The second-order valence-corrected chi connectivity index (χ2v) is 7.92. The number of halogens is 4. The van der Waals surface area contributed by atoms with Crippen LogP contribution in [0.25, 0.3) is 11.0 Å². The predicted molar refractivity (Wildman–Crippen MR) is 111 cm³/mol. The molecule has 0 aliphatic carbocycles. The van der Waals surface area contributed by atoms with Crippen molar-refractivity contribution in [2.45, 2.75) is 38.8 Å². The van der Waals surface area contributed by atoms with E-state index in [-0.39, 0.29) is 53.4 Å². The summed E-state index contributed by atoms with van der Waals surface area (Å²) < 4.78 is 51.2. The van der Waals surface area contributed by atoms with E-state index in [1.54, 1.807) is 7.05 Å². The number of nitrogens with zero attached hydrogens (tertiary/aromatic N) is 2. The molecule has 0 spiro atoms. The van der Waals surface area contributed by atoms with Gasteiger partial charge in [0.2, 0.25) is 5.91 Å². The maximum absolute atomic E-state index is 13.4. The molecule has 1 aliphatic rings. The summed E-state index contributed by atoms with van der Waals surface area (Å²) in [6.45, 7) is 2.26. The number of hydrogen-bond acceptors (Lipinski definition) is 5. The Kier molecular flexibility index (Phi) is 7.02. The van der Waals surface area contributed by atoms with Crippen LogP contribution < -0.4 is 10.4 Å². The van der Waals surface area contributed by atoms with Crippen LogP contribution >= 0.6 is 11.6 Å². The summed E-state index contributed by atoms with van der Waals surface area (Å²) in [5.74, 6) is -0.103. The van der Waals surface area contributed by atoms with Crippen LogP contribution in [-0.4, -0.2) is 48.5 Å². The molecule has 1 aromatic carbocycles. The molecule has 0 unspecified atom stereocenters. The molecule has 1 saturated heterocycles. The van der Waals surface area contributed by atoms with Gasteiger partial charge in [-0.05, 0) is 25.3 Å². The number of ether oxygens (including phenoxy) is 1. The molecule has 2 heterocycles. The standard InChI is InChI=1S/C21H22ClF3N2O5/c1-3-6-12-18-13(14(21(23,24)25)10-17(29)32-18)9-15(22)19(12)31-8-5-4-7-27-16(28)11-26(2)20(27)30/h9-10H,3-8,11H2,1-2H3. The number of hydrogen-bond donors (Lipinski definition) is 0. The lowest BCUT2D eigenvalue weighted by Gasteiger charge is -2.17. The molecule has 2 aromatic rings. The second kappa shape index (κ2) is 9.40. The van der Waals surface area contributed by atoms with Gasteiger partial charge in [0.15, 0.2) is 0 Å². The van der Waals surface area contributed by atoms with E-state index in [9.17, 15) is 27.6 Å². The first-order valence-electron chi connectivity index (χ1n) is 10.1. The van der Waals surface area contributed by atoms with Crippen molar-refractivity contribution in [3.63, 3.8) is 0 Å². The average Bonchev–Trinajstić information content (AvgIpc) is 2.94. The minimum Gasteiger partial charge on any atom is -0.492 e. The second-order valence-electron chi connectivity index (χ2n) is 7.51. The molecule has 0 bridgehead atoms. The molecular weight excluding hydrogens is 453 g/mol. The molecule has 3 amide bonds. The van der Waals surface area contributed by atoms with Gasteiger partial charge in [-0.1, -0.05) is 24.9 Å². The van der Waals surface area contributed by atoms with Gasteiger partial charge < -0.3 is 14.1 Å². The third-order valence-electron chi connectivity index (χ3n) is 5.09. The van der Waals surface area contributed by atoms with Crippen molar-refractivity contribution in [3.8, 4) is 5.75 Å². The van der Waals surface area contributed by atoms with Gasteiger partial charge >= 0.3 is 17.8 Å². The van der Waals surface area contributed by atoms with Crippen LogP contribution in [0.15, 0.2) is 21.3 Å². The van der Waals surface area contributed by atoms with Crippen molar-refractivity contribution in [1.29, 1.82) is 0 Å². The first-order valence-corrected chi connectivity index (χ1v) is 10.5. The van der Waals surface area contributed by atoms with E-state index in [1.165, 1.54) is 9.80 Å². The summed E-state index contributed by atoms with van der Waals surface area (Å²) in [4.78, 5) is 38.0. The molecule has 11 heteroatoms. The monoisotopic (exact) mass is 474 g/mol. The van der Waals surface area contributed by atoms with Gasteiger partial charge in [-0.15, -0.1) is 0 Å². The Hall–Kier alpha value is -2.75. The van der Waals surface area contributed by atoms with Crippen molar-refractivity contribution in [1.82, 2.24) is 9.80 Å². The lowest BCUT2D eigenvalue weighted by molar-refractivity contribution is -0.136. The molecule has 0 saturated carbocycles. The highest BCUT2D eigenvalue weighted by atomic mass is 35.5. The lowest BCUT2D eigenvalue weighted by atomic mass is 10.0. The molecule has 0 radical (unpaired) electrons. The van der Waals surface area contributed by atoms with Gasteiger partial charge in [0, 0.05) is 30.6 Å². The van der Waals surface area contributed by atoms with Crippen LogP contribution in [0.2, 0.25) is 5.02 Å². The minimum absolute atomic E-state index is 0.0215. The van der Waals surface area contributed by atoms with Gasteiger partial charge in [-0.2, -0.15) is 13.2 Å². The maximum Gasteiger partial charge on any atom is 0.417 e. The molecule has 1 aliphatic heterocycles. The molecule has 0 N–H and O–H groups in total. The maximum atomic E-state index is 13.4. The number of carbonyl (C=O) groups is 2. The van der Waals surface area contributed by atoms with Crippen molar-refractivity contribution >= 4 is 34.5 Å². The number of rotatable bonds is 8. The van der Waals surface area contributed by atoms with Crippen LogP contribution in [0.5, 0.6) is 5.75 Å². The fourth-order valence-corrected chi connectivity index (χ4v) is 3.89. The van der Waals surface area contributed by atoms with Crippen molar-refractivity contribution in [2.75, 3.05) is 26.7 Å². The minimum atomic E-state index is -4.75. The quantitative estimate of drug-likeness (QED) is 0.320. The molecule has 1 fully saturated rings. The number of likely N-dealkylation sites (N-methyl/N-ethyl adjacent to an activating group) is 1. The van der Waals surface area contributed by atoms with Gasteiger partial charge in [0.05, 0.1) is 17.2 Å². The molecule has 0 atom stereocenters. The number of unbranched alkanes of at least 4 members (excludes halogenated alkanes) is 1. The number of imide groups is 1. The Bertz CT molecular complexity index is 1100. The number of amides is 3. The van der Waals surface area contributed by atoms with Crippen LogP contribution in [0.1, 0.15) is 37.3 Å². The van der Waals surface area contributed by atoms with Gasteiger partial charge in [0.25, 0.3) is 0 Å². The number of benzene rings is 1. The van der Waals surface area contributed by atoms with Crippen LogP contribution in [0, 0.1) is 0 Å².